The van der Waals surface area contributed by atoms with Crippen molar-refractivity contribution in [3.63, 3.8) is 0 Å². The number of hydrogen-bond acceptors (Lipinski definition) is 4. The number of thiazole rings is 1. The number of benzene rings is 2. The molecule has 3 N–H and O–H groups in total. The summed E-state index contributed by atoms with van der Waals surface area (Å²) in [5.41, 5.74) is 7.51. The molecule has 0 radical (unpaired) electrons. The molecule has 0 unspecified atom stereocenters. The Bertz CT molecular complexity index is 783. The summed E-state index contributed by atoms with van der Waals surface area (Å²) in [6, 6.07) is 12.7. The van der Waals surface area contributed by atoms with Crippen molar-refractivity contribution in [2.75, 3.05) is 5.73 Å². The number of nitrogens with one attached hydrogen (secondary N) is 1. The van der Waals surface area contributed by atoms with E-state index in [1.807, 2.05) is 24.3 Å². The predicted octanol–water partition coefficient (Wildman–Crippen LogP) is 3.46. The molecule has 106 valence electrons. The van der Waals surface area contributed by atoms with Gasteiger partial charge in [-0.1, -0.05) is 23.7 Å². The Morgan fingerprint density at radius 1 is 1.29 bits per heavy atom. The fourth-order valence-corrected chi connectivity index (χ4v) is 3.01. The van der Waals surface area contributed by atoms with E-state index in [9.17, 15) is 4.79 Å². The molecule has 0 aliphatic rings. The zero-order valence-electron chi connectivity index (χ0n) is 11.0. The number of anilines is 1. The van der Waals surface area contributed by atoms with E-state index in [2.05, 4.69) is 10.3 Å². The second-order valence-electron chi connectivity index (χ2n) is 4.49. The van der Waals surface area contributed by atoms with Crippen LogP contribution in [-0.2, 0) is 6.54 Å². The van der Waals surface area contributed by atoms with Crippen molar-refractivity contribution in [3.05, 3.63) is 58.1 Å². The molecule has 0 saturated carbocycles. The van der Waals surface area contributed by atoms with Gasteiger partial charge < -0.3 is 11.1 Å². The molecular weight excluding hydrogens is 306 g/mol. The van der Waals surface area contributed by atoms with Gasteiger partial charge >= 0.3 is 0 Å². The number of para-hydroxylation sites is 1. The summed E-state index contributed by atoms with van der Waals surface area (Å²) in [6.45, 7) is 0.389. The molecule has 0 aliphatic heterocycles. The molecule has 3 aromatic rings. The fraction of sp³-hybridized carbons (Fsp3) is 0.0667. The van der Waals surface area contributed by atoms with E-state index in [1.54, 1.807) is 29.5 Å². The summed E-state index contributed by atoms with van der Waals surface area (Å²) in [6.07, 6.45) is 0. The van der Waals surface area contributed by atoms with Crippen LogP contribution >= 0.6 is 22.9 Å². The van der Waals surface area contributed by atoms with Crippen molar-refractivity contribution in [2.24, 2.45) is 0 Å². The minimum atomic E-state index is -0.198. The molecule has 0 aliphatic carbocycles. The maximum Gasteiger partial charge on any atom is 0.251 e. The maximum atomic E-state index is 12.1. The third kappa shape index (κ3) is 2.99. The van der Waals surface area contributed by atoms with Gasteiger partial charge in [-0.25, -0.2) is 4.98 Å². The van der Waals surface area contributed by atoms with Gasteiger partial charge in [-0.3, -0.25) is 4.79 Å². The zero-order valence-corrected chi connectivity index (χ0v) is 12.5. The topological polar surface area (TPSA) is 68.0 Å². The maximum absolute atomic E-state index is 12.1. The first kappa shape index (κ1) is 13.9. The van der Waals surface area contributed by atoms with Crippen LogP contribution in [0.15, 0.2) is 42.5 Å². The number of carbonyl (C=O) groups excluding carboxylic acids is 1. The van der Waals surface area contributed by atoms with Crippen LogP contribution in [0.5, 0.6) is 0 Å². The van der Waals surface area contributed by atoms with Gasteiger partial charge in [0.25, 0.3) is 5.91 Å². The second-order valence-corrected chi connectivity index (χ2v) is 6.02. The summed E-state index contributed by atoms with van der Waals surface area (Å²) >= 11 is 7.48. The summed E-state index contributed by atoms with van der Waals surface area (Å²) in [7, 11) is 0. The quantitative estimate of drug-likeness (QED) is 0.727. The lowest BCUT2D eigenvalue weighted by atomic mass is 10.2. The van der Waals surface area contributed by atoms with Gasteiger partial charge in [0.1, 0.15) is 5.01 Å². The lowest BCUT2D eigenvalue weighted by Gasteiger charge is -2.04. The molecule has 2 aromatic carbocycles. The number of carbonyl (C=O) groups is 1. The molecule has 21 heavy (non-hydrogen) atoms. The van der Waals surface area contributed by atoms with Gasteiger partial charge in [0.2, 0.25) is 0 Å². The van der Waals surface area contributed by atoms with E-state index in [4.69, 9.17) is 17.3 Å². The molecular formula is C15H12ClN3OS. The highest BCUT2D eigenvalue weighted by Crippen LogP contribution is 2.22. The van der Waals surface area contributed by atoms with Gasteiger partial charge in [-0.2, -0.15) is 0 Å². The summed E-state index contributed by atoms with van der Waals surface area (Å²) in [4.78, 5) is 16.5. The Morgan fingerprint density at radius 3 is 2.86 bits per heavy atom. The van der Waals surface area contributed by atoms with Crippen LogP contribution in [0.25, 0.3) is 10.2 Å². The Morgan fingerprint density at radius 2 is 2.10 bits per heavy atom. The van der Waals surface area contributed by atoms with Crippen LogP contribution in [0.4, 0.5) is 5.69 Å². The molecule has 4 nitrogen and oxygen atoms in total. The minimum Gasteiger partial charge on any atom is -0.398 e. The number of rotatable bonds is 3. The predicted molar refractivity (Wildman–Crippen MR) is 86.7 cm³/mol. The highest BCUT2D eigenvalue weighted by molar-refractivity contribution is 7.18. The first-order valence-electron chi connectivity index (χ1n) is 6.31. The Hall–Kier alpha value is -2.11. The first-order valence-corrected chi connectivity index (χ1v) is 7.50. The summed E-state index contributed by atoms with van der Waals surface area (Å²) < 4.78 is 1.11. The highest BCUT2D eigenvalue weighted by Gasteiger charge is 2.09. The van der Waals surface area contributed by atoms with E-state index in [0.29, 0.717) is 22.8 Å². The molecule has 0 atom stereocenters. The summed E-state index contributed by atoms with van der Waals surface area (Å²) in [5.74, 6) is -0.198. The third-order valence-corrected chi connectivity index (χ3v) is 4.36. The van der Waals surface area contributed by atoms with Gasteiger partial charge in [0.05, 0.1) is 27.5 Å². The van der Waals surface area contributed by atoms with Crippen LogP contribution in [0.2, 0.25) is 5.02 Å². The Kier molecular flexibility index (Phi) is 3.77. The lowest BCUT2D eigenvalue weighted by Crippen LogP contribution is -2.22. The SMILES string of the molecule is Nc1ccc(C(=O)NCc2nc3ccccc3s2)cc1Cl. The lowest BCUT2D eigenvalue weighted by molar-refractivity contribution is 0.0951. The molecule has 0 saturated heterocycles. The van der Waals surface area contributed by atoms with E-state index >= 15 is 0 Å². The second kappa shape index (κ2) is 5.71. The van der Waals surface area contributed by atoms with Crippen LogP contribution < -0.4 is 11.1 Å². The van der Waals surface area contributed by atoms with Gasteiger partial charge in [0.15, 0.2) is 0 Å². The molecule has 1 amide bonds. The van der Waals surface area contributed by atoms with Crippen molar-refractivity contribution >= 4 is 44.7 Å². The molecule has 0 fully saturated rings. The Labute approximate surface area is 130 Å². The first-order chi connectivity index (χ1) is 10.1. The minimum absolute atomic E-state index is 0.198. The van der Waals surface area contributed by atoms with Gasteiger partial charge in [-0.15, -0.1) is 11.3 Å². The van der Waals surface area contributed by atoms with Gasteiger partial charge in [0, 0.05) is 5.56 Å². The molecule has 1 aromatic heterocycles. The average molecular weight is 318 g/mol. The largest absolute Gasteiger partial charge is 0.398 e. The third-order valence-electron chi connectivity index (χ3n) is 3.00. The van der Waals surface area contributed by atoms with Crippen molar-refractivity contribution in [1.29, 1.82) is 0 Å². The number of nitrogens with zero attached hydrogens (tertiary/aromatic N) is 1. The van der Waals surface area contributed by atoms with Crippen molar-refractivity contribution in [1.82, 2.24) is 10.3 Å². The monoisotopic (exact) mass is 317 g/mol. The number of nitrogen functional groups attached to an aromatic ring is 1. The standard InChI is InChI=1S/C15H12ClN3OS/c16-10-7-9(5-6-11(10)17)15(20)18-8-14-19-12-3-1-2-4-13(12)21-14/h1-7H,8,17H2,(H,18,20). The molecule has 0 spiro atoms. The molecule has 6 heteroatoms. The van der Waals surface area contributed by atoms with Crippen molar-refractivity contribution in [3.8, 4) is 0 Å². The number of nitrogens with two attached hydrogens (primary N) is 1. The average Bonchev–Trinajstić information content (AvgIpc) is 2.90. The number of amides is 1. The fourth-order valence-electron chi connectivity index (χ4n) is 1.92. The van der Waals surface area contributed by atoms with Gasteiger partial charge in [-0.05, 0) is 30.3 Å². The van der Waals surface area contributed by atoms with Crippen LogP contribution in [-0.4, -0.2) is 10.9 Å². The van der Waals surface area contributed by atoms with Crippen molar-refractivity contribution in [2.45, 2.75) is 6.54 Å². The smallest absolute Gasteiger partial charge is 0.251 e. The summed E-state index contributed by atoms with van der Waals surface area (Å²) in [5, 5.41) is 4.08. The van der Waals surface area contributed by atoms with E-state index in [-0.39, 0.29) is 5.91 Å². The van der Waals surface area contributed by atoms with E-state index in [0.717, 1.165) is 15.2 Å². The van der Waals surface area contributed by atoms with Crippen LogP contribution in [0.1, 0.15) is 15.4 Å². The van der Waals surface area contributed by atoms with Crippen LogP contribution in [0.3, 0.4) is 0 Å². The number of halogens is 1. The van der Waals surface area contributed by atoms with E-state index < -0.39 is 0 Å². The molecule has 3 rings (SSSR count). The van der Waals surface area contributed by atoms with E-state index in [1.165, 1.54) is 0 Å². The zero-order chi connectivity index (χ0) is 14.8. The Balaban J connectivity index is 1.71. The number of fused-ring (bicyclic) bond motifs is 1. The number of aromatic nitrogens is 1. The molecule has 1 heterocycles. The normalized spacial score (nSPS) is 10.7. The number of hydrogen-bond donors (Lipinski definition) is 2. The van der Waals surface area contributed by atoms with Crippen molar-refractivity contribution < 1.29 is 4.79 Å². The molecule has 0 bridgehead atoms. The highest BCUT2D eigenvalue weighted by atomic mass is 35.5. The van der Waals surface area contributed by atoms with Crippen LogP contribution in [0, 0.1) is 0 Å².